The number of carbonyl (C=O) groups excluding carboxylic acids is 1. The van der Waals surface area contributed by atoms with Gasteiger partial charge in [-0.15, -0.1) is 0 Å². The zero-order chi connectivity index (χ0) is 13.0. The molecule has 0 aliphatic carbocycles. The summed E-state index contributed by atoms with van der Waals surface area (Å²) in [6.07, 6.45) is 0. The molecule has 1 aliphatic heterocycles. The molecule has 1 aromatic carbocycles. The standard InChI is InChI=1S/C14H21N3O/c1-11-3-5-12(6-4-11)10-17(2)14(18)13-9-15-7-8-16-13/h3-6,13,15-16H,7-10H2,1-2H3. The molecule has 0 saturated carbocycles. The van der Waals surface area contributed by atoms with E-state index >= 15 is 0 Å². The molecule has 1 aromatic rings. The number of carbonyl (C=O) groups is 1. The Kier molecular flexibility index (Phi) is 4.33. The van der Waals surface area contributed by atoms with Crippen LogP contribution in [0.4, 0.5) is 0 Å². The van der Waals surface area contributed by atoms with Crippen LogP contribution in [0.2, 0.25) is 0 Å². The number of rotatable bonds is 3. The van der Waals surface area contributed by atoms with E-state index in [4.69, 9.17) is 0 Å². The van der Waals surface area contributed by atoms with Crippen molar-refractivity contribution in [3.8, 4) is 0 Å². The van der Waals surface area contributed by atoms with Gasteiger partial charge in [0.2, 0.25) is 5.91 Å². The van der Waals surface area contributed by atoms with Gasteiger partial charge in [0.25, 0.3) is 0 Å². The van der Waals surface area contributed by atoms with E-state index < -0.39 is 0 Å². The van der Waals surface area contributed by atoms with E-state index in [0.717, 1.165) is 19.6 Å². The van der Waals surface area contributed by atoms with E-state index in [-0.39, 0.29) is 11.9 Å². The minimum Gasteiger partial charge on any atom is -0.340 e. The molecule has 1 atom stereocenters. The van der Waals surface area contributed by atoms with Gasteiger partial charge in [0.05, 0.1) is 6.04 Å². The van der Waals surface area contributed by atoms with Crippen molar-refractivity contribution in [2.45, 2.75) is 19.5 Å². The molecule has 4 heteroatoms. The number of nitrogens with one attached hydrogen (secondary N) is 2. The van der Waals surface area contributed by atoms with Gasteiger partial charge >= 0.3 is 0 Å². The summed E-state index contributed by atoms with van der Waals surface area (Å²) < 4.78 is 0. The quantitative estimate of drug-likeness (QED) is 0.818. The molecule has 2 rings (SSSR count). The summed E-state index contributed by atoms with van der Waals surface area (Å²) >= 11 is 0. The number of nitrogens with zero attached hydrogens (tertiary/aromatic N) is 1. The predicted molar refractivity (Wildman–Crippen MR) is 72.3 cm³/mol. The van der Waals surface area contributed by atoms with Gasteiger partial charge in [-0.25, -0.2) is 0 Å². The summed E-state index contributed by atoms with van der Waals surface area (Å²) in [4.78, 5) is 14.0. The maximum atomic E-state index is 12.2. The Bertz CT molecular complexity index is 396. The van der Waals surface area contributed by atoms with Gasteiger partial charge in [0, 0.05) is 33.2 Å². The highest BCUT2D eigenvalue weighted by Gasteiger charge is 2.23. The van der Waals surface area contributed by atoms with Crippen LogP contribution in [-0.4, -0.2) is 43.5 Å². The Balaban J connectivity index is 1.92. The fraction of sp³-hybridized carbons (Fsp3) is 0.500. The first-order valence-electron chi connectivity index (χ1n) is 6.41. The average molecular weight is 247 g/mol. The minimum absolute atomic E-state index is 0.0887. The van der Waals surface area contributed by atoms with Crippen molar-refractivity contribution in [1.82, 2.24) is 15.5 Å². The first-order chi connectivity index (χ1) is 8.66. The number of hydrogen-bond donors (Lipinski definition) is 2. The summed E-state index contributed by atoms with van der Waals surface area (Å²) in [6, 6.07) is 8.22. The van der Waals surface area contributed by atoms with Crippen molar-refractivity contribution in [3.05, 3.63) is 35.4 Å². The maximum Gasteiger partial charge on any atom is 0.241 e. The van der Waals surface area contributed by atoms with E-state index in [2.05, 4.69) is 41.8 Å². The summed E-state index contributed by atoms with van der Waals surface area (Å²) in [6.45, 7) is 5.24. The predicted octanol–water partition coefficient (Wildman–Crippen LogP) is 0.515. The van der Waals surface area contributed by atoms with Crippen LogP contribution < -0.4 is 10.6 Å². The molecular formula is C14H21N3O. The topological polar surface area (TPSA) is 44.4 Å². The Morgan fingerprint density at radius 2 is 2.06 bits per heavy atom. The first-order valence-corrected chi connectivity index (χ1v) is 6.41. The second kappa shape index (κ2) is 5.98. The molecule has 1 fully saturated rings. The zero-order valence-corrected chi connectivity index (χ0v) is 11.1. The van der Waals surface area contributed by atoms with Gasteiger partial charge in [-0.3, -0.25) is 4.79 Å². The van der Waals surface area contributed by atoms with Crippen LogP contribution in [0.5, 0.6) is 0 Å². The SMILES string of the molecule is Cc1ccc(CN(C)C(=O)C2CNCCN2)cc1. The molecule has 4 nitrogen and oxygen atoms in total. The van der Waals surface area contributed by atoms with Crippen molar-refractivity contribution >= 4 is 5.91 Å². The number of aryl methyl sites for hydroxylation is 1. The first kappa shape index (κ1) is 13.1. The third-order valence-electron chi connectivity index (χ3n) is 3.26. The number of benzene rings is 1. The van der Waals surface area contributed by atoms with Crippen LogP contribution in [0.25, 0.3) is 0 Å². The van der Waals surface area contributed by atoms with E-state index in [0.29, 0.717) is 6.54 Å². The smallest absolute Gasteiger partial charge is 0.241 e. The summed E-state index contributed by atoms with van der Waals surface area (Å²) in [5.74, 6) is 0.155. The highest BCUT2D eigenvalue weighted by molar-refractivity contribution is 5.82. The Hall–Kier alpha value is -1.39. The van der Waals surface area contributed by atoms with Crippen LogP contribution in [-0.2, 0) is 11.3 Å². The van der Waals surface area contributed by atoms with Crippen LogP contribution in [0.1, 0.15) is 11.1 Å². The molecule has 1 amide bonds. The van der Waals surface area contributed by atoms with Crippen molar-refractivity contribution in [3.63, 3.8) is 0 Å². The van der Waals surface area contributed by atoms with Crippen LogP contribution in [0.15, 0.2) is 24.3 Å². The highest BCUT2D eigenvalue weighted by atomic mass is 16.2. The number of amides is 1. The largest absolute Gasteiger partial charge is 0.340 e. The van der Waals surface area contributed by atoms with Crippen molar-refractivity contribution < 1.29 is 4.79 Å². The second-order valence-electron chi connectivity index (χ2n) is 4.89. The van der Waals surface area contributed by atoms with Gasteiger partial charge in [-0.05, 0) is 12.5 Å². The molecule has 1 aliphatic rings. The van der Waals surface area contributed by atoms with E-state index in [1.807, 2.05) is 7.05 Å². The molecule has 0 spiro atoms. The number of likely N-dealkylation sites (N-methyl/N-ethyl adjacent to an activating group) is 1. The molecular weight excluding hydrogens is 226 g/mol. The van der Waals surface area contributed by atoms with Crippen molar-refractivity contribution in [2.24, 2.45) is 0 Å². The monoisotopic (exact) mass is 247 g/mol. The van der Waals surface area contributed by atoms with Gasteiger partial charge < -0.3 is 15.5 Å². The maximum absolute atomic E-state index is 12.2. The number of piperazine rings is 1. The third kappa shape index (κ3) is 3.31. The lowest BCUT2D eigenvalue weighted by atomic mass is 10.1. The Morgan fingerprint density at radius 3 is 2.67 bits per heavy atom. The fourth-order valence-corrected chi connectivity index (χ4v) is 2.14. The molecule has 98 valence electrons. The van der Waals surface area contributed by atoms with Crippen molar-refractivity contribution in [2.75, 3.05) is 26.7 Å². The highest BCUT2D eigenvalue weighted by Crippen LogP contribution is 2.07. The average Bonchev–Trinajstić information content (AvgIpc) is 2.41. The normalized spacial score (nSPS) is 19.6. The molecule has 0 radical (unpaired) electrons. The lowest BCUT2D eigenvalue weighted by Gasteiger charge is -2.28. The molecule has 0 aromatic heterocycles. The van der Waals surface area contributed by atoms with Crippen LogP contribution in [0.3, 0.4) is 0 Å². The fourth-order valence-electron chi connectivity index (χ4n) is 2.14. The lowest BCUT2D eigenvalue weighted by Crippen LogP contribution is -2.55. The van der Waals surface area contributed by atoms with E-state index in [1.54, 1.807) is 4.90 Å². The second-order valence-corrected chi connectivity index (χ2v) is 4.89. The summed E-state index contributed by atoms with van der Waals surface area (Å²) in [5.41, 5.74) is 2.41. The third-order valence-corrected chi connectivity index (χ3v) is 3.26. The molecule has 18 heavy (non-hydrogen) atoms. The summed E-state index contributed by atoms with van der Waals surface area (Å²) in [7, 11) is 1.86. The molecule has 1 saturated heterocycles. The Labute approximate surface area is 108 Å². The van der Waals surface area contributed by atoms with E-state index in [9.17, 15) is 4.79 Å². The van der Waals surface area contributed by atoms with Crippen molar-refractivity contribution in [1.29, 1.82) is 0 Å². The van der Waals surface area contributed by atoms with Gasteiger partial charge in [0.15, 0.2) is 0 Å². The number of hydrogen-bond acceptors (Lipinski definition) is 3. The zero-order valence-electron chi connectivity index (χ0n) is 11.1. The summed E-state index contributed by atoms with van der Waals surface area (Å²) in [5, 5.41) is 6.47. The molecule has 1 heterocycles. The van der Waals surface area contributed by atoms with Gasteiger partial charge in [-0.2, -0.15) is 0 Å². The lowest BCUT2D eigenvalue weighted by molar-refractivity contribution is -0.132. The van der Waals surface area contributed by atoms with Crippen LogP contribution in [0, 0.1) is 6.92 Å². The van der Waals surface area contributed by atoms with Gasteiger partial charge in [0.1, 0.15) is 0 Å². The molecule has 0 bridgehead atoms. The van der Waals surface area contributed by atoms with E-state index in [1.165, 1.54) is 11.1 Å². The molecule has 1 unspecified atom stereocenters. The van der Waals surface area contributed by atoms with Gasteiger partial charge in [-0.1, -0.05) is 29.8 Å². The minimum atomic E-state index is -0.0887. The Morgan fingerprint density at radius 1 is 1.33 bits per heavy atom. The van der Waals surface area contributed by atoms with Crippen LogP contribution >= 0.6 is 0 Å². The molecule has 2 N–H and O–H groups in total.